The van der Waals surface area contributed by atoms with E-state index in [-0.39, 0.29) is 36.8 Å². The molecule has 2 rings (SSSR count). The average molecular weight is 310 g/mol. The van der Waals surface area contributed by atoms with E-state index in [0.29, 0.717) is 18.0 Å². The fourth-order valence-electron chi connectivity index (χ4n) is 2.40. The highest BCUT2D eigenvalue weighted by Gasteiger charge is 2.29. The second kappa shape index (κ2) is 8.40. The van der Waals surface area contributed by atoms with Crippen molar-refractivity contribution < 1.29 is 9.21 Å². The van der Waals surface area contributed by atoms with Gasteiger partial charge in [0, 0.05) is 12.6 Å². The Hall–Kier alpha value is -0.780. The maximum Gasteiger partial charge on any atom is 0.291 e. The third-order valence-electron chi connectivity index (χ3n) is 3.33. The molecule has 0 aliphatic carbocycles. The van der Waals surface area contributed by atoms with Gasteiger partial charge in [-0.2, -0.15) is 0 Å². The number of likely N-dealkylation sites (tertiary alicyclic amines) is 1. The molecule has 1 fully saturated rings. The number of oxazole rings is 1. The van der Waals surface area contributed by atoms with E-state index in [2.05, 4.69) is 4.98 Å². The van der Waals surface area contributed by atoms with Crippen molar-refractivity contribution >= 4 is 30.7 Å². The first-order valence-electron chi connectivity index (χ1n) is 6.15. The van der Waals surface area contributed by atoms with E-state index in [9.17, 15) is 4.79 Å². The topological polar surface area (TPSA) is 72.4 Å². The zero-order valence-electron chi connectivity index (χ0n) is 11.0. The van der Waals surface area contributed by atoms with Crippen LogP contribution in [0.25, 0.3) is 0 Å². The van der Waals surface area contributed by atoms with E-state index < -0.39 is 0 Å². The first-order chi connectivity index (χ1) is 8.24. The lowest BCUT2D eigenvalue weighted by molar-refractivity contribution is 0.0571. The van der Waals surface area contributed by atoms with Gasteiger partial charge >= 0.3 is 0 Å². The standard InChI is InChI=1S/C12H19N3O2.2ClH/c1-9-11(17-8-14-9)12(16)15-7-3-2-4-10(15)5-6-13;;/h8,10H,2-7,13H2,1H3;2*1H. The molecule has 0 bridgehead atoms. The molecule has 2 heterocycles. The van der Waals surface area contributed by atoms with Crippen molar-refractivity contribution in [3.05, 3.63) is 17.8 Å². The van der Waals surface area contributed by atoms with Gasteiger partial charge in [-0.3, -0.25) is 4.79 Å². The normalized spacial score (nSPS) is 18.4. The number of nitrogens with two attached hydrogens (primary N) is 1. The van der Waals surface area contributed by atoms with Gasteiger partial charge in [-0.15, -0.1) is 24.8 Å². The molecule has 0 radical (unpaired) electrons. The Labute approximate surface area is 125 Å². The van der Waals surface area contributed by atoms with E-state index >= 15 is 0 Å². The summed E-state index contributed by atoms with van der Waals surface area (Å²) in [5, 5.41) is 0. The van der Waals surface area contributed by atoms with E-state index in [1.807, 2.05) is 4.90 Å². The molecule has 110 valence electrons. The largest absolute Gasteiger partial charge is 0.438 e. The van der Waals surface area contributed by atoms with E-state index in [1.165, 1.54) is 12.8 Å². The van der Waals surface area contributed by atoms with Crippen LogP contribution in [0.4, 0.5) is 0 Å². The highest BCUT2D eigenvalue weighted by atomic mass is 35.5. The molecule has 5 nitrogen and oxygen atoms in total. The third-order valence-corrected chi connectivity index (χ3v) is 3.33. The molecule has 2 N–H and O–H groups in total. The van der Waals surface area contributed by atoms with Crippen molar-refractivity contribution in [1.82, 2.24) is 9.88 Å². The maximum atomic E-state index is 12.3. The van der Waals surface area contributed by atoms with Gasteiger partial charge in [-0.05, 0) is 39.2 Å². The molecule has 1 aliphatic heterocycles. The first-order valence-corrected chi connectivity index (χ1v) is 6.15. The lowest BCUT2D eigenvalue weighted by atomic mass is 9.99. The highest BCUT2D eigenvalue weighted by molar-refractivity contribution is 5.92. The monoisotopic (exact) mass is 309 g/mol. The average Bonchev–Trinajstić information content (AvgIpc) is 2.76. The zero-order chi connectivity index (χ0) is 12.3. The Morgan fingerprint density at radius 1 is 1.53 bits per heavy atom. The van der Waals surface area contributed by atoms with Crippen LogP contribution in [0.5, 0.6) is 0 Å². The summed E-state index contributed by atoms with van der Waals surface area (Å²) in [5.74, 6) is 0.326. The van der Waals surface area contributed by atoms with Crippen LogP contribution in [-0.4, -0.2) is 34.9 Å². The van der Waals surface area contributed by atoms with Gasteiger partial charge in [-0.25, -0.2) is 4.98 Å². The number of aromatic nitrogens is 1. The molecule has 1 atom stereocenters. The predicted octanol–water partition coefficient (Wildman–Crippen LogP) is 2.17. The number of carbonyl (C=O) groups excluding carboxylic acids is 1. The molecule has 1 unspecified atom stereocenters. The predicted molar refractivity (Wildman–Crippen MR) is 78.1 cm³/mol. The van der Waals surface area contributed by atoms with Gasteiger partial charge < -0.3 is 15.1 Å². The second-order valence-corrected chi connectivity index (χ2v) is 4.49. The van der Waals surface area contributed by atoms with Crippen molar-refractivity contribution in [1.29, 1.82) is 0 Å². The van der Waals surface area contributed by atoms with Crippen molar-refractivity contribution in [3.8, 4) is 0 Å². The summed E-state index contributed by atoms with van der Waals surface area (Å²) in [4.78, 5) is 18.2. The van der Waals surface area contributed by atoms with Crippen LogP contribution < -0.4 is 5.73 Å². The fraction of sp³-hybridized carbons (Fsp3) is 0.667. The summed E-state index contributed by atoms with van der Waals surface area (Å²) >= 11 is 0. The number of halogens is 2. The van der Waals surface area contributed by atoms with Crippen LogP contribution in [0.1, 0.15) is 41.9 Å². The Morgan fingerprint density at radius 2 is 2.26 bits per heavy atom. The Bertz CT molecular complexity index is 396. The number of hydrogen-bond acceptors (Lipinski definition) is 4. The fourth-order valence-corrected chi connectivity index (χ4v) is 2.40. The smallest absolute Gasteiger partial charge is 0.291 e. The van der Waals surface area contributed by atoms with Gasteiger partial charge in [0.15, 0.2) is 6.39 Å². The summed E-state index contributed by atoms with van der Waals surface area (Å²) < 4.78 is 5.17. The van der Waals surface area contributed by atoms with Crippen molar-refractivity contribution in [3.63, 3.8) is 0 Å². The van der Waals surface area contributed by atoms with Gasteiger partial charge in [0.05, 0.1) is 5.69 Å². The Kier molecular flexibility index (Phi) is 8.06. The van der Waals surface area contributed by atoms with Crippen LogP contribution >= 0.6 is 24.8 Å². The minimum atomic E-state index is -0.0434. The molecule has 7 heteroatoms. The molecule has 0 saturated carbocycles. The maximum absolute atomic E-state index is 12.3. The number of aryl methyl sites for hydroxylation is 1. The minimum Gasteiger partial charge on any atom is -0.438 e. The number of hydrogen-bond donors (Lipinski definition) is 1. The lowest BCUT2D eigenvalue weighted by Crippen LogP contribution is -2.44. The van der Waals surface area contributed by atoms with E-state index in [1.54, 1.807) is 6.92 Å². The van der Waals surface area contributed by atoms with Crippen LogP contribution in [0.3, 0.4) is 0 Å². The molecule has 1 amide bonds. The SMILES string of the molecule is Cc1ncoc1C(=O)N1CCCCC1CCN.Cl.Cl. The number of piperidine rings is 1. The molecular formula is C12H21Cl2N3O2. The molecule has 0 aromatic carbocycles. The van der Waals surface area contributed by atoms with Crippen LogP contribution in [0.2, 0.25) is 0 Å². The highest BCUT2D eigenvalue weighted by Crippen LogP contribution is 2.22. The van der Waals surface area contributed by atoms with E-state index in [4.69, 9.17) is 10.2 Å². The lowest BCUT2D eigenvalue weighted by Gasteiger charge is -2.35. The minimum absolute atomic E-state index is 0. The number of amides is 1. The zero-order valence-corrected chi connectivity index (χ0v) is 12.6. The van der Waals surface area contributed by atoms with Crippen LogP contribution in [0, 0.1) is 6.92 Å². The van der Waals surface area contributed by atoms with Gasteiger partial charge in [-0.1, -0.05) is 0 Å². The first kappa shape index (κ1) is 18.2. The molecule has 1 aromatic rings. The van der Waals surface area contributed by atoms with Crippen molar-refractivity contribution in [2.75, 3.05) is 13.1 Å². The summed E-state index contributed by atoms with van der Waals surface area (Å²) in [5.41, 5.74) is 6.26. The number of carbonyl (C=O) groups is 1. The van der Waals surface area contributed by atoms with Gasteiger partial charge in [0.25, 0.3) is 5.91 Å². The Morgan fingerprint density at radius 3 is 2.84 bits per heavy atom. The Balaban J connectivity index is 0.00000162. The molecule has 1 saturated heterocycles. The van der Waals surface area contributed by atoms with Crippen molar-refractivity contribution in [2.45, 2.75) is 38.6 Å². The summed E-state index contributed by atoms with van der Waals surface area (Å²) in [6, 6.07) is 0.255. The second-order valence-electron chi connectivity index (χ2n) is 4.49. The molecule has 1 aromatic heterocycles. The quantitative estimate of drug-likeness (QED) is 0.928. The van der Waals surface area contributed by atoms with E-state index in [0.717, 1.165) is 25.8 Å². The third kappa shape index (κ3) is 4.09. The summed E-state index contributed by atoms with van der Waals surface area (Å²) in [7, 11) is 0. The van der Waals surface area contributed by atoms with Crippen molar-refractivity contribution in [2.24, 2.45) is 5.73 Å². The van der Waals surface area contributed by atoms with Gasteiger partial charge in [0.1, 0.15) is 0 Å². The number of rotatable bonds is 3. The summed E-state index contributed by atoms with van der Waals surface area (Å²) in [6.07, 6.45) is 5.45. The van der Waals surface area contributed by atoms with Crippen LogP contribution in [-0.2, 0) is 0 Å². The molecular weight excluding hydrogens is 289 g/mol. The molecule has 19 heavy (non-hydrogen) atoms. The molecule has 0 spiro atoms. The van der Waals surface area contributed by atoms with Crippen LogP contribution in [0.15, 0.2) is 10.8 Å². The number of nitrogens with zero attached hydrogens (tertiary/aromatic N) is 2. The summed E-state index contributed by atoms with van der Waals surface area (Å²) in [6.45, 7) is 3.20. The van der Waals surface area contributed by atoms with Gasteiger partial charge in [0.2, 0.25) is 5.76 Å². The molecule has 1 aliphatic rings.